The van der Waals surface area contributed by atoms with Gasteiger partial charge in [-0.2, -0.15) is 9.57 Å². The predicted molar refractivity (Wildman–Crippen MR) is 128 cm³/mol. The summed E-state index contributed by atoms with van der Waals surface area (Å²) in [6.45, 7) is 10.5. The highest BCUT2D eigenvalue weighted by atomic mass is 32.2. The minimum Gasteiger partial charge on any atom is -0.379 e. The molecule has 0 bridgehead atoms. The summed E-state index contributed by atoms with van der Waals surface area (Å²) in [5.41, 5.74) is 4.11. The lowest BCUT2D eigenvalue weighted by molar-refractivity contribution is -0.115. The van der Waals surface area contributed by atoms with Crippen molar-refractivity contribution in [1.29, 1.82) is 5.26 Å². The number of rotatable bonds is 6. The third-order valence-corrected chi connectivity index (χ3v) is 8.90. The summed E-state index contributed by atoms with van der Waals surface area (Å²) in [7, 11) is -3.69. The van der Waals surface area contributed by atoms with E-state index in [1.54, 1.807) is 26.0 Å². The Morgan fingerprint density at radius 3 is 2.52 bits per heavy atom. The van der Waals surface area contributed by atoms with Gasteiger partial charge in [-0.3, -0.25) is 4.79 Å². The average Bonchev–Trinajstić information content (AvgIpc) is 2.79. The number of amides is 1. The van der Waals surface area contributed by atoms with E-state index < -0.39 is 15.3 Å². The number of anilines is 1. The first-order valence-corrected chi connectivity index (χ1v) is 12.9. The quantitative estimate of drug-likeness (QED) is 0.621. The van der Waals surface area contributed by atoms with Crippen LogP contribution in [0.15, 0.2) is 28.1 Å². The molecule has 0 aliphatic carbocycles. The highest BCUT2D eigenvalue weighted by Crippen LogP contribution is 2.30. The highest BCUT2D eigenvalue weighted by molar-refractivity contribution is 8.00. The van der Waals surface area contributed by atoms with Crippen LogP contribution in [0.4, 0.5) is 5.69 Å². The zero-order valence-electron chi connectivity index (χ0n) is 19.4. The molecule has 10 heteroatoms. The van der Waals surface area contributed by atoms with E-state index >= 15 is 0 Å². The van der Waals surface area contributed by atoms with Gasteiger partial charge in [-0.25, -0.2) is 13.4 Å². The van der Waals surface area contributed by atoms with Crippen LogP contribution in [0.1, 0.15) is 34.9 Å². The van der Waals surface area contributed by atoms with Crippen molar-refractivity contribution in [3.8, 4) is 6.07 Å². The van der Waals surface area contributed by atoms with Crippen molar-refractivity contribution >= 4 is 33.4 Å². The molecule has 0 radical (unpaired) electrons. The molecule has 1 saturated heterocycles. The summed E-state index contributed by atoms with van der Waals surface area (Å²) in [6, 6.07) is 7.05. The fourth-order valence-corrected chi connectivity index (χ4v) is 6.14. The number of pyridine rings is 1. The molecule has 1 aromatic heterocycles. The fraction of sp³-hybridized carbons (Fsp3) is 0.435. The van der Waals surface area contributed by atoms with Crippen molar-refractivity contribution in [2.24, 2.45) is 0 Å². The molecule has 8 nitrogen and oxygen atoms in total. The van der Waals surface area contributed by atoms with E-state index in [2.05, 4.69) is 16.4 Å². The lowest BCUT2D eigenvalue weighted by Crippen LogP contribution is -2.40. The van der Waals surface area contributed by atoms with Gasteiger partial charge in [0.05, 0.1) is 28.9 Å². The van der Waals surface area contributed by atoms with E-state index in [1.807, 2.05) is 20.8 Å². The summed E-state index contributed by atoms with van der Waals surface area (Å²) in [5.74, 6) is -0.305. The number of aromatic nitrogens is 1. The Labute approximate surface area is 199 Å². The summed E-state index contributed by atoms with van der Waals surface area (Å²) in [6.07, 6.45) is 0. The maximum Gasteiger partial charge on any atom is 0.243 e. The van der Waals surface area contributed by atoms with E-state index in [0.29, 0.717) is 48.1 Å². The smallest absolute Gasteiger partial charge is 0.243 e. The largest absolute Gasteiger partial charge is 0.379 e. The van der Waals surface area contributed by atoms with Gasteiger partial charge in [0.2, 0.25) is 15.9 Å². The third kappa shape index (κ3) is 5.38. The van der Waals surface area contributed by atoms with E-state index in [1.165, 1.54) is 22.1 Å². The molecule has 2 aromatic rings. The molecule has 3 rings (SSSR count). The van der Waals surface area contributed by atoms with Crippen molar-refractivity contribution in [2.45, 2.75) is 49.8 Å². The van der Waals surface area contributed by atoms with Gasteiger partial charge in [0, 0.05) is 24.5 Å². The van der Waals surface area contributed by atoms with Gasteiger partial charge in [-0.15, -0.1) is 0 Å². The Morgan fingerprint density at radius 2 is 1.88 bits per heavy atom. The van der Waals surface area contributed by atoms with Crippen LogP contribution in [0.25, 0.3) is 0 Å². The van der Waals surface area contributed by atoms with Gasteiger partial charge < -0.3 is 10.1 Å². The molecule has 1 fully saturated rings. The first kappa shape index (κ1) is 25.2. The van der Waals surface area contributed by atoms with Crippen LogP contribution >= 0.6 is 11.8 Å². The lowest BCUT2D eigenvalue weighted by atomic mass is 10.1. The number of nitrogens with zero attached hydrogens (tertiary/aromatic N) is 3. The third-order valence-electron chi connectivity index (χ3n) is 5.78. The van der Waals surface area contributed by atoms with Crippen molar-refractivity contribution < 1.29 is 17.9 Å². The minimum atomic E-state index is -3.69. The molecule has 176 valence electrons. The minimum absolute atomic E-state index is 0.167. The first-order valence-electron chi connectivity index (χ1n) is 10.6. The molecule has 33 heavy (non-hydrogen) atoms. The molecule has 0 saturated carbocycles. The number of hydrogen-bond acceptors (Lipinski definition) is 7. The number of ether oxygens (including phenoxy) is 1. The van der Waals surface area contributed by atoms with Gasteiger partial charge in [0.1, 0.15) is 11.1 Å². The molecule has 1 aliphatic heterocycles. The number of aryl methyl sites for hydroxylation is 2. The monoisotopic (exact) mass is 488 g/mol. The summed E-state index contributed by atoms with van der Waals surface area (Å²) in [5, 5.41) is 12.3. The number of carbonyl (C=O) groups excluding carboxylic acids is 1. The normalized spacial score (nSPS) is 15.6. The number of nitrogens with one attached hydrogen (secondary N) is 1. The van der Waals surface area contributed by atoms with Crippen LogP contribution in [0, 0.1) is 39.0 Å². The number of carbonyl (C=O) groups is 1. The highest BCUT2D eigenvalue weighted by Gasteiger charge is 2.28. The molecule has 1 aromatic carbocycles. The zero-order chi connectivity index (χ0) is 24.3. The lowest BCUT2D eigenvalue weighted by Gasteiger charge is -2.27. The average molecular weight is 489 g/mol. The second kappa shape index (κ2) is 10.2. The van der Waals surface area contributed by atoms with Gasteiger partial charge in [-0.05, 0) is 63.4 Å². The molecule has 1 atom stereocenters. The first-order chi connectivity index (χ1) is 15.6. The maximum atomic E-state index is 13.1. The van der Waals surface area contributed by atoms with E-state index in [4.69, 9.17) is 4.74 Å². The van der Waals surface area contributed by atoms with E-state index in [9.17, 15) is 18.5 Å². The van der Waals surface area contributed by atoms with Crippen LogP contribution in [0.5, 0.6) is 0 Å². The summed E-state index contributed by atoms with van der Waals surface area (Å²) >= 11 is 1.21. The van der Waals surface area contributed by atoms with Gasteiger partial charge in [-0.1, -0.05) is 17.8 Å². The standard InChI is InChI=1S/C23H28N4O4S2/c1-14-6-7-19(12-21(14)33(29,30)27-8-10-31-11-9-27)26-22(28)18(5)32-23-20(13-24)16(3)15(2)17(4)25-23/h6-7,12,18H,8-11H2,1-5H3,(H,26,28)/t18-/m0/s1. The van der Waals surface area contributed by atoms with Crippen molar-refractivity contribution in [2.75, 3.05) is 31.6 Å². The predicted octanol–water partition coefficient (Wildman–Crippen LogP) is 3.33. The number of morpholine rings is 1. The Kier molecular flexibility index (Phi) is 7.80. The van der Waals surface area contributed by atoms with Crippen LogP contribution in [0.3, 0.4) is 0 Å². The molecule has 2 heterocycles. The van der Waals surface area contributed by atoms with Crippen molar-refractivity contribution in [3.63, 3.8) is 0 Å². The number of hydrogen-bond donors (Lipinski definition) is 1. The van der Waals surface area contributed by atoms with Crippen LogP contribution in [-0.2, 0) is 19.6 Å². The summed E-state index contributed by atoms with van der Waals surface area (Å²) < 4.78 is 32.9. The SMILES string of the molecule is Cc1ccc(NC(=O)[C@H](C)Sc2nc(C)c(C)c(C)c2C#N)cc1S(=O)(=O)N1CCOCC1. The molecule has 1 N–H and O–H groups in total. The molecule has 1 amide bonds. The van der Waals surface area contributed by atoms with Gasteiger partial charge >= 0.3 is 0 Å². The number of thioether (sulfide) groups is 1. The van der Waals surface area contributed by atoms with Crippen LogP contribution in [0.2, 0.25) is 0 Å². The second-order valence-electron chi connectivity index (χ2n) is 7.99. The number of nitriles is 1. The molecule has 1 aliphatic rings. The number of benzene rings is 1. The van der Waals surface area contributed by atoms with Crippen molar-refractivity contribution in [3.05, 3.63) is 46.1 Å². The molecular formula is C23H28N4O4S2. The van der Waals surface area contributed by atoms with Crippen LogP contribution in [-0.4, -0.2) is 55.2 Å². The molecule has 0 unspecified atom stereocenters. The second-order valence-corrected chi connectivity index (χ2v) is 11.2. The van der Waals surface area contributed by atoms with E-state index in [0.717, 1.165) is 16.8 Å². The fourth-order valence-electron chi connectivity index (χ4n) is 3.47. The topological polar surface area (TPSA) is 112 Å². The maximum absolute atomic E-state index is 13.1. The molecule has 0 spiro atoms. The van der Waals surface area contributed by atoms with Crippen LogP contribution < -0.4 is 5.32 Å². The Morgan fingerprint density at radius 1 is 1.21 bits per heavy atom. The molecular weight excluding hydrogens is 460 g/mol. The number of sulfonamides is 1. The zero-order valence-corrected chi connectivity index (χ0v) is 21.1. The van der Waals surface area contributed by atoms with Gasteiger partial charge in [0.25, 0.3) is 0 Å². The Balaban J connectivity index is 1.80. The van der Waals surface area contributed by atoms with E-state index in [-0.39, 0.29) is 10.8 Å². The summed E-state index contributed by atoms with van der Waals surface area (Å²) in [4.78, 5) is 17.6. The van der Waals surface area contributed by atoms with Crippen molar-refractivity contribution in [1.82, 2.24) is 9.29 Å². The Bertz CT molecular complexity index is 1220. The van der Waals surface area contributed by atoms with Gasteiger partial charge in [0.15, 0.2) is 0 Å². The Hall–Kier alpha value is -2.45.